The summed E-state index contributed by atoms with van der Waals surface area (Å²) in [6.45, 7) is 4.41. The van der Waals surface area contributed by atoms with E-state index in [4.69, 9.17) is 15.6 Å². The third-order valence-corrected chi connectivity index (χ3v) is 3.93. The van der Waals surface area contributed by atoms with Gasteiger partial charge in [0.1, 0.15) is 5.75 Å². The number of aromatic nitrogens is 2. The minimum absolute atomic E-state index is 0.320. The Labute approximate surface area is 144 Å². The van der Waals surface area contributed by atoms with E-state index in [2.05, 4.69) is 23.4 Å². The molecule has 1 amide bonds. The maximum atomic E-state index is 11.9. The van der Waals surface area contributed by atoms with Gasteiger partial charge in [-0.25, -0.2) is 4.79 Å². The van der Waals surface area contributed by atoms with Crippen LogP contribution in [0.2, 0.25) is 0 Å². The smallest absolute Gasteiger partial charge is 0.341 e. The van der Waals surface area contributed by atoms with Crippen LogP contribution in [-0.4, -0.2) is 33.1 Å². The van der Waals surface area contributed by atoms with Crippen molar-refractivity contribution in [3.63, 3.8) is 0 Å². The van der Waals surface area contributed by atoms with Crippen molar-refractivity contribution in [1.82, 2.24) is 9.55 Å². The Hall–Kier alpha value is -3.09. The SMILES string of the molecule is CC(C)Cn1c2cncc(OCC(=O)O)c2c2c(C(N)=O)cccc21. The molecule has 3 N–H and O–H groups in total. The number of benzene rings is 1. The van der Waals surface area contributed by atoms with E-state index in [9.17, 15) is 9.59 Å². The lowest BCUT2D eigenvalue weighted by Gasteiger charge is -2.10. The molecule has 0 aliphatic heterocycles. The van der Waals surface area contributed by atoms with Gasteiger partial charge >= 0.3 is 5.97 Å². The van der Waals surface area contributed by atoms with Crippen LogP contribution in [0.15, 0.2) is 30.6 Å². The monoisotopic (exact) mass is 341 g/mol. The van der Waals surface area contributed by atoms with Gasteiger partial charge in [-0.1, -0.05) is 19.9 Å². The average molecular weight is 341 g/mol. The van der Waals surface area contributed by atoms with Crippen LogP contribution in [0.3, 0.4) is 0 Å². The van der Waals surface area contributed by atoms with Crippen LogP contribution < -0.4 is 10.5 Å². The molecule has 0 bridgehead atoms. The molecular weight excluding hydrogens is 322 g/mol. The molecule has 2 heterocycles. The first kappa shape index (κ1) is 16.8. The van der Waals surface area contributed by atoms with Crippen molar-refractivity contribution >= 4 is 33.7 Å². The number of hydrogen-bond acceptors (Lipinski definition) is 4. The summed E-state index contributed by atoms with van der Waals surface area (Å²) in [6, 6.07) is 5.35. The van der Waals surface area contributed by atoms with Gasteiger partial charge in [-0.2, -0.15) is 0 Å². The number of carbonyl (C=O) groups excluding carboxylic acids is 1. The number of carboxylic acid groups (broad SMARTS) is 1. The lowest BCUT2D eigenvalue weighted by molar-refractivity contribution is -0.139. The van der Waals surface area contributed by atoms with Crippen LogP contribution in [0.1, 0.15) is 24.2 Å². The largest absolute Gasteiger partial charge is 0.480 e. The number of amides is 1. The number of ether oxygens (including phenoxy) is 1. The molecule has 2 aromatic heterocycles. The van der Waals surface area contributed by atoms with Crippen LogP contribution in [0.25, 0.3) is 21.8 Å². The Morgan fingerprint density at radius 2 is 2.00 bits per heavy atom. The van der Waals surface area contributed by atoms with Gasteiger partial charge in [0.15, 0.2) is 6.61 Å². The summed E-state index contributed by atoms with van der Waals surface area (Å²) < 4.78 is 7.47. The number of hydrogen-bond donors (Lipinski definition) is 2. The molecule has 0 saturated heterocycles. The summed E-state index contributed by atoms with van der Waals surface area (Å²) in [5.74, 6) is -0.950. The van der Waals surface area contributed by atoms with Crippen molar-refractivity contribution in [1.29, 1.82) is 0 Å². The number of carboxylic acids is 1. The van der Waals surface area contributed by atoms with Gasteiger partial charge in [-0.3, -0.25) is 9.78 Å². The van der Waals surface area contributed by atoms with Gasteiger partial charge in [-0.05, 0) is 18.1 Å². The molecule has 3 rings (SSSR count). The molecular formula is C18H19N3O4. The highest BCUT2D eigenvalue weighted by Crippen LogP contribution is 2.37. The number of aliphatic carboxylic acids is 1. The van der Waals surface area contributed by atoms with E-state index < -0.39 is 18.5 Å². The second-order valence-corrected chi connectivity index (χ2v) is 6.28. The quantitative estimate of drug-likeness (QED) is 0.716. The predicted octanol–water partition coefficient (Wildman–Crippen LogP) is 2.41. The maximum Gasteiger partial charge on any atom is 0.341 e. The normalized spacial score (nSPS) is 11.3. The fourth-order valence-corrected chi connectivity index (χ4v) is 3.06. The van der Waals surface area contributed by atoms with Crippen molar-refractivity contribution in [2.75, 3.05) is 6.61 Å². The van der Waals surface area contributed by atoms with Crippen molar-refractivity contribution < 1.29 is 19.4 Å². The number of primary amides is 1. The van der Waals surface area contributed by atoms with Crippen molar-refractivity contribution in [2.24, 2.45) is 11.7 Å². The molecule has 0 aliphatic carbocycles. The van der Waals surface area contributed by atoms with Crippen LogP contribution in [0, 0.1) is 5.92 Å². The molecule has 0 fully saturated rings. The van der Waals surface area contributed by atoms with Gasteiger partial charge < -0.3 is 20.1 Å². The van der Waals surface area contributed by atoms with Gasteiger partial charge in [0.2, 0.25) is 5.91 Å². The minimum Gasteiger partial charge on any atom is -0.480 e. The highest BCUT2D eigenvalue weighted by molar-refractivity contribution is 6.19. The number of nitrogens with two attached hydrogens (primary N) is 1. The third-order valence-electron chi connectivity index (χ3n) is 3.93. The number of rotatable bonds is 6. The number of fused-ring (bicyclic) bond motifs is 3. The summed E-state index contributed by atoms with van der Waals surface area (Å²) in [6.07, 6.45) is 3.15. The van der Waals surface area contributed by atoms with Gasteiger partial charge in [0, 0.05) is 17.5 Å². The Morgan fingerprint density at radius 3 is 2.64 bits per heavy atom. The minimum atomic E-state index is -1.09. The van der Waals surface area contributed by atoms with Gasteiger partial charge in [0.25, 0.3) is 0 Å². The molecule has 1 aromatic carbocycles. The first-order valence-corrected chi connectivity index (χ1v) is 7.93. The molecule has 25 heavy (non-hydrogen) atoms. The molecule has 3 aromatic rings. The standard InChI is InChI=1S/C18H19N3O4/c1-10(2)8-21-12-5-3-4-11(18(19)24)16(12)17-13(21)6-20-7-14(17)25-9-15(22)23/h3-7,10H,8-9H2,1-2H3,(H2,19,24)(H,22,23). The number of nitrogens with zero attached hydrogens (tertiary/aromatic N) is 2. The zero-order valence-electron chi connectivity index (χ0n) is 14.0. The second kappa shape index (κ2) is 6.43. The first-order chi connectivity index (χ1) is 11.9. The number of carbonyl (C=O) groups is 2. The molecule has 7 nitrogen and oxygen atoms in total. The van der Waals surface area contributed by atoms with E-state index in [1.54, 1.807) is 18.3 Å². The lowest BCUT2D eigenvalue weighted by atomic mass is 10.1. The lowest BCUT2D eigenvalue weighted by Crippen LogP contribution is -2.12. The second-order valence-electron chi connectivity index (χ2n) is 6.28. The molecule has 0 atom stereocenters. The Kier molecular flexibility index (Phi) is 4.31. The molecule has 0 aliphatic rings. The van der Waals surface area contributed by atoms with Crippen LogP contribution in [0.5, 0.6) is 5.75 Å². The first-order valence-electron chi connectivity index (χ1n) is 7.93. The third kappa shape index (κ3) is 3.00. The van der Waals surface area contributed by atoms with E-state index >= 15 is 0 Å². The highest BCUT2D eigenvalue weighted by Gasteiger charge is 2.20. The Balaban J connectivity index is 2.39. The van der Waals surface area contributed by atoms with E-state index in [1.807, 2.05) is 6.07 Å². The zero-order valence-corrected chi connectivity index (χ0v) is 14.0. The highest BCUT2D eigenvalue weighted by atomic mass is 16.5. The fourth-order valence-electron chi connectivity index (χ4n) is 3.06. The van der Waals surface area contributed by atoms with Crippen molar-refractivity contribution in [2.45, 2.75) is 20.4 Å². The molecule has 7 heteroatoms. The zero-order chi connectivity index (χ0) is 18.1. The van der Waals surface area contributed by atoms with E-state index in [-0.39, 0.29) is 0 Å². The van der Waals surface area contributed by atoms with E-state index in [0.29, 0.717) is 34.5 Å². The predicted molar refractivity (Wildman–Crippen MR) is 93.7 cm³/mol. The van der Waals surface area contributed by atoms with Crippen molar-refractivity contribution in [3.05, 3.63) is 36.2 Å². The van der Waals surface area contributed by atoms with Crippen LogP contribution in [0.4, 0.5) is 0 Å². The molecule has 0 radical (unpaired) electrons. The van der Waals surface area contributed by atoms with E-state index in [1.165, 1.54) is 6.20 Å². The molecule has 0 saturated carbocycles. The molecule has 130 valence electrons. The van der Waals surface area contributed by atoms with E-state index in [0.717, 1.165) is 11.0 Å². The summed E-state index contributed by atoms with van der Waals surface area (Å²) in [7, 11) is 0. The summed E-state index contributed by atoms with van der Waals surface area (Å²) in [4.78, 5) is 27.0. The maximum absolute atomic E-state index is 11.9. The summed E-state index contributed by atoms with van der Waals surface area (Å²) in [5.41, 5.74) is 7.55. The number of pyridine rings is 1. The van der Waals surface area contributed by atoms with Crippen molar-refractivity contribution in [3.8, 4) is 5.75 Å². The van der Waals surface area contributed by atoms with Crippen LogP contribution in [-0.2, 0) is 11.3 Å². The molecule has 0 spiro atoms. The summed E-state index contributed by atoms with van der Waals surface area (Å²) in [5, 5.41) is 10.2. The van der Waals surface area contributed by atoms with Gasteiger partial charge in [0.05, 0.1) is 28.8 Å². The Bertz CT molecular complexity index is 975. The van der Waals surface area contributed by atoms with Gasteiger partial charge in [-0.15, -0.1) is 0 Å². The Morgan fingerprint density at radius 1 is 1.24 bits per heavy atom. The topological polar surface area (TPSA) is 107 Å². The average Bonchev–Trinajstić information content (AvgIpc) is 2.87. The molecule has 0 unspecified atom stereocenters. The van der Waals surface area contributed by atoms with Crippen LogP contribution >= 0.6 is 0 Å². The fraction of sp³-hybridized carbons (Fsp3) is 0.278. The summed E-state index contributed by atoms with van der Waals surface area (Å²) >= 11 is 0.